The van der Waals surface area contributed by atoms with E-state index < -0.39 is 46.4 Å². The number of carbonyl (C=O) groups is 2. The molecule has 1 aromatic heterocycles. The summed E-state index contributed by atoms with van der Waals surface area (Å²) < 4.78 is 41.1. The molecule has 1 amide bonds. The van der Waals surface area contributed by atoms with Gasteiger partial charge >= 0.3 is 11.7 Å². The summed E-state index contributed by atoms with van der Waals surface area (Å²) in [5.41, 5.74) is 1.79. The van der Waals surface area contributed by atoms with Crippen LogP contribution < -0.4 is 16.6 Å². The number of amides is 1. The Labute approximate surface area is 210 Å². The molecule has 0 unspecified atom stereocenters. The van der Waals surface area contributed by atoms with Crippen molar-refractivity contribution in [3.05, 3.63) is 90.8 Å². The van der Waals surface area contributed by atoms with Gasteiger partial charge in [-0.25, -0.2) is 18.4 Å². The first kappa shape index (κ1) is 26.0. The van der Waals surface area contributed by atoms with Gasteiger partial charge in [-0.3, -0.25) is 14.2 Å². The Morgan fingerprint density at radius 3 is 2.35 bits per heavy atom. The molecular weight excluding hydrogens is 488 g/mol. The Morgan fingerprint density at radius 1 is 1.05 bits per heavy atom. The summed E-state index contributed by atoms with van der Waals surface area (Å²) >= 11 is 0. The maximum Gasteiger partial charge on any atom is 0.330 e. The third-order valence-corrected chi connectivity index (χ3v) is 6.65. The predicted octanol–water partition coefficient (Wildman–Crippen LogP) is 1.88. The molecule has 3 aromatic rings. The van der Waals surface area contributed by atoms with Crippen LogP contribution in [0.15, 0.2) is 39.9 Å². The number of aromatic nitrogens is 2. The van der Waals surface area contributed by atoms with E-state index in [0.29, 0.717) is 33.5 Å². The van der Waals surface area contributed by atoms with Crippen molar-refractivity contribution in [1.82, 2.24) is 14.5 Å². The highest BCUT2D eigenvalue weighted by molar-refractivity contribution is 5.97. The fourth-order valence-corrected chi connectivity index (χ4v) is 4.52. The van der Waals surface area contributed by atoms with Crippen molar-refractivity contribution in [2.24, 2.45) is 14.1 Å². The number of hydrogen-bond acceptors (Lipinski definition) is 6. The summed E-state index contributed by atoms with van der Waals surface area (Å²) in [5.74, 6) is -4.02. The van der Waals surface area contributed by atoms with Gasteiger partial charge in [-0.1, -0.05) is 18.2 Å². The monoisotopic (exact) mass is 513 g/mol. The molecule has 0 bridgehead atoms. The van der Waals surface area contributed by atoms with E-state index in [0.717, 1.165) is 29.9 Å². The molecule has 0 spiro atoms. The van der Waals surface area contributed by atoms with Gasteiger partial charge in [0.2, 0.25) is 0 Å². The minimum Gasteiger partial charge on any atom is -0.467 e. The zero-order valence-electron chi connectivity index (χ0n) is 20.7. The van der Waals surface area contributed by atoms with E-state index in [-0.39, 0.29) is 19.6 Å². The first-order valence-electron chi connectivity index (χ1n) is 11.4. The van der Waals surface area contributed by atoms with Crippen LogP contribution in [0, 0.1) is 18.6 Å². The molecular formula is C26H25F2N3O6. The maximum atomic E-state index is 14.1. The molecule has 11 heteroatoms. The van der Waals surface area contributed by atoms with Crippen LogP contribution in [0.1, 0.15) is 32.7 Å². The molecule has 2 heterocycles. The molecule has 0 saturated heterocycles. The van der Waals surface area contributed by atoms with Crippen LogP contribution in [0.25, 0.3) is 11.1 Å². The molecule has 1 N–H and O–H groups in total. The van der Waals surface area contributed by atoms with Crippen molar-refractivity contribution >= 4 is 11.9 Å². The second-order valence-electron chi connectivity index (χ2n) is 8.74. The van der Waals surface area contributed by atoms with Gasteiger partial charge in [-0.15, -0.1) is 0 Å². The first-order valence-corrected chi connectivity index (χ1v) is 11.4. The van der Waals surface area contributed by atoms with Gasteiger partial charge in [0, 0.05) is 26.2 Å². The Bertz CT molecular complexity index is 1520. The van der Waals surface area contributed by atoms with E-state index >= 15 is 0 Å². The number of fused-ring (bicyclic) bond motifs is 1. The largest absolute Gasteiger partial charge is 0.467 e. The van der Waals surface area contributed by atoms with Crippen molar-refractivity contribution in [2.75, 3.05) is 7.11 Å². The van der Waals surface area contributed by atoms with Gasteiger partial charge in [-0.2, -0.15) is 0 Å². The van der Waals surface area contributed by atoms with Crippen LogP contribution in [0.2, 0.25) is 0 Å². The van der Waals surface area contributed by atoms with Crippen LogP contribution in [-0.2, 0) is 48.0 Å². The molecule has 0 radical (unpaired) electrons. The molecule has 4 rings (SSSR count). The number of carbonyl (C=O) groups excluding carboxylic acids is 2. The smallest absolute Gasteiger partial charge is 0.330 e. The lowest BCUT2D eigenvalue weighted by Gasteiger charge is -2.20. The van der Waals surface area contributed by atoms with Crippen LogP contribution >= 0.6 is 0 Å². The summed E-state index contributed by atoms with van der Waals surface area (Å²) in [5, 5.41) is 2.37. The number of halogens is 2. The van der Waals surface area contributed by atoms with Gasteiger partial charge in [-0.05, 0) is 41.3 Å². The second-order valence-corrected chi connectivity index (χ2v) is 8.74. The maximum absolute atomic E-state index is 14.1. The van der Waals surface area contributed by atoms with E-state index in [1.807, 2.05) is 0 Å². The molecule has 1 atom stereocenters. The molecule has 194 valence electrons. The quantitative estimate of drug-likeness (QED) is 0.505. The van der Waals surface area contributed by atoms with E-state index in [9.17, 15) is 28.0 Å². The van der Waals surface area contributed by atoms with Crippen molar-refractivity contribution < 1.29 is 27.8 Å². The Kier molecular flexibility index (Phi) is 7.08. The minimum atomic E-state index is -1.25. The van der Waals surface area contributed by atoms with E-state index in [1.54, 1.807) is 26.1 Å². The number of nitrogens with zero attached hydrogens (tertiary/aromatic N) is 2. The summed E-state index contributed by atoms with van der Waals surface area (Å²) in [6, 6.07) is 5.16. The Morgan fingerprint density at radius 2 is 1.70 bits per heavy atom. The van der Waals surface area contributed by atoms with Crippen LogP contribution in [0.3, 0.4) is 0 Å². The highest BCUT2D eigenvalue weighted by Crippen LogP contribution is 2.34. The zero-order valence-corrected chi connectivity index (χ0v) is 20.7. The lowest BCUT2D eigenvalue weighted by atomic mass is 9.90. The number of benzene rings is 2. The third-order valence-electron chi connectivity index (χ3n) is 6.65. The number of hydrogen-bond donors (Lipinski definition) is 1. The molecule has 9 nitrogen and oxygen atoms in total. The van der Waals surface area contributed by atoms with Gasteiger partial charge in [0.05, 0.1) is 25.9 Å². The summed E-state index contributed by atoms with van der Waals surface area (Å²) in [7, 11) is 4.12. The van der Waals surface area contributed by atoms with E-state index in [1.165, 1.54) is 11.6 Å². The number of methoxy groups -OCH3 is 1. The van der Waals surface area contributed by atoms with Crippen LogP contribution in [0.5, 0.6) is 0 Å². The van der Waals surface area contributed by atoms with Gasteiger partial charge in [0.25, 0.3) is 11.5 Å². The zero-order chi connectivity index (χ0) is 27.0. The summed E-state index contributed by atoms with van der Waals surface area (Å²) in [6.45, 7) is 2.06. The number of nitrogens with one attached hydrogen (secondary N) is 1. The van der Waals surface area contributed by atoms with Crippen LogP contribution in [0.4, 0.5) is 8.78 Å². The molecule has 37 heavy (non-hydrogen) atoms. The SMILES string of the molecule is COC(=O)[C@H](Cc1ccc(-c2c(C)n(C)c(=O)n(C)c2=O)c2c1COC2)NC(=O)c1c(F)cccc1F. The van der Waals surface area contributed by atoms with Crippen molar-refractivity contribution in [2.45, 2.75) is 32.6 Å². The highest BCUT2D eigenvalue weighted by Gasteiger charge is 2.29. The van der Waals surface area contributed by atoms with Crippen LogP contribution in [-0.4, -0.2) is 34.2 Å². The Balaban J connectivity index is 1.74. The number of esters is 1. The normalized spacial score (nSPS) is 13.2. The summed E-state index contributed by atoms with van der Waals surface area (Å²) in [6.07, 6.45) is -0.0509. The summed E-state index contributed by atoms with van der Waals surface area (Å²) in [4.78, 5) is 50.5. The van der Waals surface area contributed by atoms with Crippen molar-refractivity contribution in [3.63, 3.8) is 0 Å². The molecule has 0 saturated carbocycles. The highest BCUT2D eigenvalue weighted by atomic mass is 19.1. The average molecular weight is 513 g/mol. The van der Waals surface area contributed by atoms with Gasteiger partial charge in [0.15, 0.2) is 0 Å². The lowest BCUT2D eigenvalue weighted by molar-refractivity contribution is -0.142. The fourth-order valence-electron chi connectivity index (χ4n) is 4.52. The average Bonchev–Trinajstić information content (AvgIpc) is 3.37. The molecule has 1 aliphatic rings. The molecule has 0 fully saturated rings. The fraction of sp³-hybridized carbons (Fsp3) is 0.308. The topological polar surface area (TPSA) is 109 Å². The number of rotatable bonds is 6. The third kappa shape index (κ3) is 4.57. The standard InChI is InChI=1S/C26H25F2N3O6/c1-13-21(24(33)31(3)26(35)30(13)2)15-9-8-14(16-11-37-12-17(15)16)10-20(25(34)36-4)29-23(32)22-18(27)6-5-7-19(22)28/h5-9,20H,10-12H2,1-4H3,(H,29,32)/t20-/m0/s1. The van der Waals surface area contributed by atoms with Gasteiger partial charge < -0.3 is 19.4 Å². The lowest BCUT2D eigenvalue weighted by Crippen LogP contribution is -2.43. The predicted molar refractivity (Wildman–Crippen MR) is 129 cm³/mol. The minimum absolute atomic E-state index is 0.0509. The second kappa shape index (κ2) is 10.1. The van der Waals surface area contributed by atoms with E-state index in [2.05, 4.69) is 5.32 Å². The van der Waals surface area contributed by atoms with Crippen molar-refractivity contribution in [3.8, 4) is 11.1 Å². The van der Waals surface area contributed by atoms with E-state index in [4.69, 9.17) is 9.47 Å². The van der Waals surface area contributed by atoms with Crippen molar-refractivity contribution in [1.29, 1.82) is 0 Å². The molecule has 0 aliphatic carbocycles. The van der Waals surface area contributed by atoms with Gasteiger partial charge in [0.1, 0.15) is 23.2 Å². The molecule has 2 aromatic carbocycles. The molecule has 1 aliphatic heterocycles. The Hall–Kier alpha value is -4.12. The number of ether oxygens (including phenoxy) is 2. The first-order chi connectivity index (χ1) is 17.6.